The Morgan fingerprint density at radius 3 is 2.12 bits per heavy atom. The van der Waals surface area contributed by atoms with E-state index in [9.17, 15) is 21.6 Å². The quantitative estimate of drug-likeness (QED) is 0.369. The zero-order valence-corrected chi connectivity index (χ0v) is 17.3. The van der Waals surface area contributed by atoms with Crippen molar-refractivity contribution < 1.29 is 30.8 Å². The van der Waals surface area contributed by atoms with Gasteiger partial charge in [-0.05, 0) is 30.3 Å². The van der Waals surface area contributed by atoms with Gasteiger partial charge in [0.15, 0.2) is 8.32 Å². The highest BCUT2D eigenvalue weighted by atomic mass is 35.7. The Bertz CT molecular complexity index is 712. The van der Waals surface area contributed by atoms with Crippen LogP contribution in [0.2, 0.25) is 18.1 Å². The maximum absolute atomic E-state index is 13.0. The molecule has 144 valence electrons. The average molecular weight is 419 g/mol. The lowest BCUT2D eigenvalue weighted by Crippen LogP contribution is -2.41. The second-order valence-electron chi connectivity index (χ2n) is 7.05. The van der Waals surface area contributed by atoms with Crippen LogP contribution in [0.1, 0.15) is 26.3 Å². The van der Waals surface area contributed by atoms with E-state index in [-0.39, 0.29) is 18.3 Å². The lowest BCUT2D eigenvalue weighted by atomic mass is 10.2. The van der Waals surface area contributed by atoms with Crippen molar-refractivity contribution in [2.75, 3.05) is 13.2 Å². The van der Waals surface area contributed by atoms with Gasteiger partial charge >= 0.3 is 6.18 Å². The number of ether oxygens (including phenoxy) is 1. The summed E-state index contributed by atoms with van der Waals surface area (Å²) in [6.07, 6.45) is -4.68. The lowest BCUT2D eigenvalue weighted by molar-refractivity contribution is -0.139. The molecule has 1 aromatic carbocycles. The van der Waals surface area contributed by atoms with Crippen LogP contribution in [0.5, 0.6) is 5.75 Å². The number of benzene rings is 1. The Hall–Kier alpha value is -0.773. The number of rotatable bonds is 6. The fourth-order valence-electron chi connectivity index (χ4n) is 1.67. The van der Waals surface area contributed by atoms with E-state index in [1.165, 1.54) is 0 Å². The van der Waals surface area contributed by atoms with Crippen molar-refractivity contribution in [2.45, 2.75) is 50.0 Å². The highest BCUT2D eigenvalue weighted by Crippen LogP contribution is 2.38. The summed E-state index contributed by atoms with van der Waals surface area (Å²) in [5, 5.41) is -0.0449. The first-order valence-electron chi connectivity index (χ1n) is 7.48. The van der Waals surface area contributed by atoms with Crippen molar-refractivity contribution in [2.24, 2.45) is 0 Å². The monoisotopic (exact) mass is 418 g/mol. The van der Waals surface area contributed by atoms with Gasteiger partial charge in [-0.2, -0.15) is 13.2 Å². The second kappa shape index (κ2) is 7.46. The molecule has 0 bridgehead atoms. The van der Waals surface area contributed by atoms with Crippen molar-refractivity contribution in [1.29, 1.82) is 0 Å². The minimum atomic E-state index is -4.68. The van der Waals surface area contributed by atoms with Crippen LogP contribution in [0.4, 0.5) is 13.2 Å². The van der Waals surface area contributed by atoms with Crippen LogP contribution >= 0.6 is 10.7 Å². The van der Waals surface area contributed by atoms with E-state index in [4.69, 9.17) is 19.8 Å². The Labute approximate surface area is 151 Å². The Morgan fingerprint density at radius 2 is 1.68 bits per heavy atom. The van der Waals surface area contributed by atoms with Crippen LogP contribution in [0, 0.1) is 0 Å². The number of hydrogen-bond acceptors (Lipinski definition) is 4. The Balaban J connectivity index is 2.93. The molecule has 0 heterocycles. The van der Waals surface area contributed by atoms with Gasteiger partial charge in [-0.25, -0.2) is 8.42 Å². The van der Waals surface area contributed by atoms with E-state index in [0.29, 0.717) is 6.07 Å². The molecule has 0 aliphatic carbocycles. The summed E-state index contributed by atoms with van der Waals surface area (Å²) < 4.78 is 72.8. The highest BCUT2D eigenvalue weighted by Gasteiger charge is 2.37. The SMILES string of the molecule is CC(C)(C)[Si](C)(C)OCCOc1cc(S(=O)(=O)Cl)ccc1C(F)(F)F. The molecule has 0 aliphatic rings. The summed E-state index contributed by atoms with van der Waals surface area (Å²) in [5.74, 6) is -0.590. The molecule has 4 nitrogen and oxygen atoms in total. The van der Waals surface area contributed by atoms with Crippen molar-refractivity contribution in [3.63, 3.8) is 0 Å². The van der Waals surface area contributed by atoms with E-state index in [1.54, 1.807) is 0 Å². The van der Waals surface area contributed by atoms with Crippen LogP contribution in [0.15, 0.2) is 23.1 Å². The van der Waals surface area contributed by atoms with Gasteiger partial charge in [-0.3, -0.25) is 0 Å². The summed E-state index contributed by atoms with van der Waals surface area (Å²) in [6.45, 7) is 10.1. The highest BCUT2D eigenvalue weighted by molar-refractivity contribution is 8.13. The molecule has 0 amide bonds. The maximum atomic E-state index is 13.0. The normalized spacial score (nSPS) is 13.8. The Morgan fingerprint density at radius 1 is 1.12 bits per heavy atom. The third-order valence-electron chi connectivity index (χ3n) is 4.15. The molecule has 1 rings (SSSR count). The zero-order valence-electron chi connectivity index (χ0n) is 14.7. The van der Waals surface area contributed by atoms with Crippen molar-refractivity contribution in [3.05, 3.63) is 23.8 Å². The molecule has 0 radical (unpaired) electrons. The molecular weight excluding hydrogens is 397 g/mol. The molecule has 0 saturated carbocycles. The molecular formula is C15H22ClF3O4SSi. The summed E-state index contributed by atoms with van der Waals surface area (Å²) in [6, 6.07) is 2.21. The molecule has 1 aromatic rings. The number of alkyl halides is 3. The first-order valence-corrected chi connectivity index (χ1v) is 12.7. The topological polar surface area (TPSA) is 52.6 Å². The van der Waals surface area contributed by atoms with E-state index in [2.05, 4.69) is 0 Å². The van der Waals surface area contributed by atoms with Gasteiger partial charge in [0, 0.05) is 16.7 Å². The molecule has 25 heavy (non-hydrogen) atoms. The predicted molar refractivity (Wildman–Crippen MR) is 93.1 cm³/mol. The van der Waals surface area contributed by atoms with Gasteiger partial charge in [-0.1, -0.05) is 20.8 Å². The first kappa shape index (κ1) is 22.3. The van der Waals surface area contributed by atoms with Crippen LogP contribution < -0.4 is 4.74 Å². The minimum Gasteiger partial charge on any atom is -0.491 e. The molecule has 0 atom stereocenters. The van der Waals surface area contributed by atoms with Crippen molar-refractivity contribution >= 4 is 28.1 Å². The molecule has 0 aromatic heterocycles. The van der Waals surface area contributed by atoms with E-state index in [1.807, 2.05) is 33.9 Å². The van der Waals surface area contributed by atoms with Gasteiger partial charge in [0.05, 0.1) is 17.1 Å². The molecule has 0 unspecified atom stereocenters. The second-order valence-corrected chi connectivity index (χ2v) is 14.4. The summed E-state index contributed by atoms with van der Waals surface area (Å²) >= 11 is 0. The van der Waals surface area contributed by atoms with Crippen LogP contribution in [-0.2, 0) is 19.7 Å². The minimum absolute atomic E-state index is 0.0449. The van der Waals surface area contributed by atoms with E-state index < -0.39 is 39.8 Å². The molecule has 0 N–H and O–H groups in total. The summed E-state index contributed by atoms with van der Waals surface area (Å²) in [7, 11) is -1.03. The van der Waals surface area contributed by atoms with Gasteiger partial charge < -0.3 is 9.16 Å². The van der Waals surface area contributed by atoms with Gasteiger partial charge in [0.2, 0.25) is 0 Å². The number of hydrogen-bond donors (Lipinski definition) is 0. The molecule has 0 aliphatic heterocycles. The maximum Gasteiger partial charge on any atom is 0.419 e. The average Bonchev–Trinajstić information content (AvgIpc) is 2.40. The standard InChI is InChI=1S/C15H22ClF3O4SSi/c1-14(2,3)25(4,5)23-9-8-22-13-10-11(24(16,20)21)6-7-12(13)15(17,18)19/h6-7,10H,8-9H2,1-5H3. The molecule has 10 heteroatoms. The molecule has 0 saturated heterocycles. The summed E-state index contributed by atoms with van der Waals surface area (Å²) in [4.78, 5) is -0.456. The zero-order chi connectivity index (χ0) is 19.7. The lowest BCUT2D eigenvalue weighted by Gasteiger charge is -2.36. The van der Waals surface area contributed by atoms with Crippen LogP contribution in [0.3, 0.4) is 0 Å². The first-order chi connectivity index (χ1) is 11.1. The van der Waals surface area contributed by atoms with Crippen LogP contribution in [-0.4, -0.2) is 29.9 Å². The predicted octanol–water partition coefficient (Wildman–Crippen LogP) is 5.03. The fraction of sp³-hybridized carbons (Fsp3) is 0.600. The molecule has 0 spiro atoms. The Kier molecular flexibility index (Phi) is 6.64. The van der Waals surface area contributed by atoms with E-state index >= 15 is 0 Å². The third kappa shape index (κ3) is 6.16. The molecule has 0 fully saturated rings. The van der Waals surface area contributed by atoms with Crippen molar-refractivity contribution in [3.8, 4) is 5.75 Å². The van der Waals surface area contributed by atoms with Crippen molar-refractivity contribution in [1.82, 2.24) is 0 Å². The smallest absolute Gasteiger partial charge is 0.419 e. The van der Waals surface area contributed by atoms with E-state index in [0.717, 1.165) is 12.1 Å². The van der Waals surface area contributed by atoms with Gasteiger partial charge in [0.1, 0.15) is 12.4 Å². The summed E-state index contributed by atoms with van der Waals surface area (Å²) in [5.41, 5.74) is -1.07. The third-order valence-corrected chi connectivity index (χ3v) is 10.0. The van der Waals surface area contributed by atoms with Gasteiger partial charge in [-0.15, -0.1) is 0 Å². The largest absolute Gasteiger partial charge is 0.491 e. The van der Waals surface area contributed by atoms with Crippen LogP contribution in [0.25, 0.3) is 0 Å². The van der Waals surface area contributed by atoms with Gasteiger partial charge in [0.25, 0.3) is 9.05 Å². The number of halogens is 4. The fourth-order valence-corrected chi connectivity index (χ4v) is 3.47.